The first kappa shape index (κ1) is 22.5. The molecule has 2 saturated heterocycles. The van der Waals surface area contributed by atoms with E-state index >= 15 is 0 Å². The van der Waals surface area contributed by atoms with Gasteiger partial charge < -0.3 is 20.7 Å². The van der Waals surface area contributed by atoms with Gasteiger partial charge in [0.15, 0.2) is 0 Å². The number of halogens is 1. The van der Waals surface area contributed by atoms with Gasteiger partial charge in [0.2, 0.25) is 11.8 Å². The van der Waals surface area contributed by atoms with Gasteiger partial charge in [-0.05, 0) is 56.8 Å². The molecule has 2 fully saturated rings. The highest BCUT2D eigenvalue weighted by Crippen LogP contribution is 2.18. The highest BCUT2D eigenvalue weighted by atomic mass is 35.5. The van der Waals surface area contributed by atoms with Crippen LogP contribution >= 0.6 is 12.4 Å². The third-order valence-corrected chi connectivity index (χ3v) is 5.27. The van der Waals surface area contributed by atoms with Crippen molar-refractivity contribution in [3.63, 3.8) is 0 Å². The molecule has 1 aromatic carbocycles. The van der Waals surface area contributed by atoms with Crippen LogP contribution in [0.15, 0.2) is 24.3 Å². The van der Waals surface area contributed by atoms with Crippen molar-refractivity contribution in [1.29, 1.82) is 0 Å². The topological polar surface area (TPSA) is 82.7 Å². The van der Waals surface area contributed by atoms with Gasteiger partial charge in [-0.3, -0.25) is 14.5 Å². The average Bonchev–Trinajstić information content (AvgIpc) is 3.21. The molecular weight excluding hydrogens is 380 g/mol. The molecule has 2 amide bonds. The summed E-state index contributed by atoms with van der Waals surface area (Å²) in [5.41, 5.74) is 0.740. The van der Waals surface area contributed by atoms with E-state index in [2.05, 4.69) is 20.9 Å². The van der Waals surface area contributed by atoms with Crippen molar-refractivity contribution in [2.75, 3.05) is 45.2 Å². The Kier molecular flexibility index (Phi) is 9.02. The van der Waals surface area contributed by atoms with E-state index < -0.39 is 0 Å². The molecule has 0 aliphatic carbocycles. The summed E-state index contributed by atoms with van der Waals surface area (Å²) in [6.45, 7) is 3.73. The van der Waals surface area contributed by atoms with E-state index in [1.54, 1.807) is 7.11 Å². The van der Waals surface area contributed by atoms with Crippen molar-refractivity contribution < 1.29 is 14.3 Å². The number of likely N-dealkylation sites (tertiary alicyclic amines) is 1. The molecule has 2 unspecified atom stereocenters. The smallest absolute Gasteiger partial charge is 0.238 e. The minimum Gasteiger partial charge on any atom is -0.497 e. The number of benzene rings is 1. The van der Waals surface area contributed by atoms with Crippen LogP contribution in [0, 0.1) is 5.92 Å². The van der Waals surface area contributed by atoms with Crippen LogP contribution in [0.3, 0.4) is 0 Å². The zero-order chi connectivity index (χ0) is 19.1. The van der Waals surface area contributed by atoms with Crippen LogP contribution in [0.2, 0.25) is 0 Å². The van der Waals surface area contributed by atoms with E-state index in [4.69, 9.17) is 4.74 Å². The Balaban J connectivity index is 0.00000280. The molecule has 7 nitrogen and oxygen atoms in total. The summed E-state index contributed by atoms with van der Waals surface area (Å²) < 4.78 is 5.18. The van der Waals surface area contributed by atoms with Gasteiger partial charge in [0.25, 0.3) is 0 Å². The number of nitrogens with zero attached hydrogens (tertiary/aromatic N) is 1. The largest absolute Gasteiger partial charge is 0.497 e. The van der Waals surface area contributed by atoms with E-state index in [0.717, 1.165) is 56.8 Å². The summed E-state index contributed by atoms with van der Waals surface area (Å²) in [5.74, 6) is 1.20. The number of piperidine rings is 1. The Bertz CT molecular complexity index is 652. The first-order valence-electron chi connectivity index (χ1n) is 9.81. The molecule has 3 N–H and O–H groups in total. The Morgan fingerprint density at radius 3 is 2.89 bits per heavy atom. The second-order valence-corrected chi connectivity index (χ2v) is 7.42. The lowest BCUT2D eigenvalue weighted by Crippen LogP contribution is -2.46. The molecule has 2 aliphatic rings. The molecular formula is C20H31ClN4O3. The molecule has 0 saturated carbocycles. The Labute approximate surface area is 173 Å². The lowest BCUT2D eigenvalue weighted by atomic mass is 9.98. The summed E-state index contributed by atoms with van der Waals surface area (Å²) in [5, 5.41) is 9.23. The zero-order valence-electron chi connectivity index (χ0n) is 16.4. The molecule has 0 bridgehead atoms. The first-order valence-corrected chi connectivity index (χ1v) is 9.81. The molecule has 1 aromatic rings. The summed E-state index contributed by atoms with van der Waals surface area (Å²) in [6.07, 6.45) is 4.13. The van der Waals surface area contributed by atoms with Crippen LogP contribution in [0.4, 0.5) is 5.69 Å². The number of carbonyl (C=O) groups excluding carboxylic acids is 2. The SMILES string of the molecule is COc1cccc(NC(=O)CN2CCCC(CNC(=O)C3CCCN3)C2)c1.Cl. The molecule has 0 radical (unpaired) electrons. The van der Waals surface area contributed by atoms with Crippen LogP contribution in [0.5, 0.6) is 5.75 Å². The van der Waals surface area contributed by atoms with Gasteiger partial charge in [0.1, 0.15) is 5.75 Å². The Morgan fingerprint density at radius 1 is 1.29 bits per heavy atom. The van der Waals surface area contributed by atoms with Crippen molar-refractivity contribution in [2.24, 2.45) is 5.92 Å². The maximum absolute atomic E-state index is 12.4. The van der Waals surface area contributed by atoms with Crippen LogP contribution in [-0.4, -0.2) is 62.6 Å². The van der Waals surface area contributed by atoms with Crippen LogP contribution in [-0.2, 0) is 9.59 Å². The van der Waals surface area contributed by atoms with Gasteiger partial charge in [0.05, 0.1) is 19.7 Å². The number of hydrogen-bond acceptors (Lipinski definition) is 5. The molecule has 2 aliphatic heterocycles. The first-order chi connectivity index (χ1) is 13.1. The number of rotatable bonds is 7. The lowest BCUT2D eigenvalue weighted by Gasteiger charge is -2.32. The third-order valence-electron chi connectivity index (χ3n) is 5.27. The van der Waals surface area contributed by atoms with Crippen LogP contribution in [0.1, 0.15) is 25.7 Å². The maximum Gasteiger partial charge on any atom is 0.238 e. The summed E-state index contributed by atoms with van der Waals surface area (Å²) in [4.78, 5) is 26.7. The second kappa shape index (κ2) is 11.2. The number of anilines is 1. The second-order valence-electron chi connectivity index (χ2n) is 7.42. The Morgan fingerprint density at radius 2 is 2.14 bits per heavy atom. The van der Waals surface area contributed by atoms with Crippen molar-refractivity contribution in [3.05, 3.63) is 24.3 Å². The Hall–Kier alpha value is -1.83. The van der Waals surface area contributed by atoms with Gasteiger partial charge in [-0.15, -0.1) is 12.4 Å². The number of ether oxygens (including phenoxy) is 1. The fourth-order valence-electron chi connectivity index (χ4n) is 3.84. The molecule has 3 rings (SSSR count). The molecule has 2 atom stereocenters. The van der Waals surface area contributed by atoms with E-state index in [1.807, 2.05) is 24.3 Å². The van der Waals surface area contributed by atoms with Gasteiger partial charge in [-0.2, -0.15) is 0 Å². The zero-order valence-corrected chi connectivity index (χ0v) is 17.2. The summed E-state index contributed by atoms with van der Waals surface area (Å²) in [7, 11) is 1.61. The monoisotopic (exact) mass is 410 g/mol. The minimum atomic E-state index is -0.0293. The van der Waals surface area contributed by atoms with Crippen molar-refractivity contribution in [2.45, 2.75) is 31.7 Å². The fourth-order valence-corrected chi connectivity index (χ4v) is 3.84. The predicted molar refractivity (Wildman–Crippen MR) is 112 cm³/mol. The van der Waals surface area contributed by atoms with Gasteiger partial charge in [-0.1, -0.05) is 6.07 Å². The number of methoxy groups -OCH3 is 1. The van der Waals surface area contributed by atoms with Crippen molar-refractivity contribution in [1.82, 2.24) is 15.5 Å². The van der Waals surface area contributed by atoms with Crippen LogP contribution in [0.25, 0.3) is 0 Å². The lowest BCUT2D eigenvalue weighted by molar-refractivity contribution is -0.123. The summed E-state index contributed by atoms with van der Waals surface area (Å²) in [6, 6.07) is 7.33. The highest BCUT2D eigenvalue weighted by molar-refractivity contribution is 5.92. The fraction of sp³-hybridized carbons (Fsp3) is 0.600. The molecule has 0 spiro atoms. The number of hydrogen-bond donors (Lipinski definition) is 3. The molecule has 8 heteroatoms. The van der Waals surface area contributed by atoms with Crippen LogP contribution < -0.4 is 20.7 Å². The molecule has 0 aromatic heterocycles. The minimum absolute atomic E-state index is 0. The number of carbonyl (C=O) groups is 2. The summed E-state index contributed by atoms with van der Waals surface area (Å²) >= 11 is 0. The van der Waals surface area contributed by atoms with Crippen molar-refractivity contribution >= 4 is 29.9 Å². The molecule has 156 valence electrons. The maximum atomic E-state index is 12.4. The van der Waals surface area contributed by atoms with Gasteiger partial charge in [-0.25, -0.2) is 0 Å². The van der Waals surface area contributed by atoms with E-state index in [9.17, 15) is 9.59 Å². The average molecular weight is 411 g/mol. The van der Waals surface area contributed by atoms with Gasteiger partial charge >= 0.3 is 0 Å². The normalized spacial score (nSPS) is 22.2. The number of nitrogens with one attached hydrogen (secondary N) is 3. The molecule has 2 heterocycles. The van der Waals surface area contributed by atoms with Gasteiger partial charge in [0, 0.05) is 24.8 Å². The number of amides is 2. The third kappa shape index (κ3) is 6.65. The highest BCUT2D eigenvalue weighted by Gasteiger charge is 2.25. The molecule has 28 heavy (non-hydrogen) atoms. The quantitative estimate of drug-likeness (QED) is 0.636. The van der Waals surface area contributed by atoms with E-state index in [-0.39, 0.29) is 30.3 Å². The standard InChI is InChI=1S/C20H30N4O3.ClH/c1-27-17-7-2-6-16(11-17)23-19(25)14-24-10-4-5-15(13-24)12-22-20(26)18-8-3-9-21-18;/h2,6-7,11,15,18,21H,3-5,8-10,12-14H2,1H3,(H,22,26)(H,23,25);1H. The van der Waals surface area contributed by atoms with E-state index in [0.29, 0.717) is 19.0 Å². The van der Waals surface area contributed by atoms with Crippen molar-refractivity contribution in [3.8, 4) is 5.75 Å². The van der Waals surface area contributed by atoms with E-state index in [1.165, 1.54) is 0 Å². The predicted octanol–water partition coefficient (Wildman–Crippen LogP) is 1.64.